The van der Waals surface area contributed by atoms with Crippen molar-refractivity contribution in [1.82, 2.24) is 0 Å². The molecular weight excluding hydrogens is 312 g/mol. The number of carbonyl (C=O) groups is 2. The first kappa shape index (κ1) is 15.7. The Hall–Kier alpha value is -1.15. The van der Waals surface area contributed by atoms with E-state index in [0.29, 0.717) is 0 Å². The molecule has 5 atom stereocenters. The van der Waals surface area contributed by atoms with Crippen LogP contribution in [0.5, 0.6) is 0 Å². The summed E-state index contributed by atoms with van der Waals surface area (Å²) in [6.07, 6.45) is 0.279. The van der Waals surface area contributed by atoms with E-state index >= 15 is 0 Å². The third-order valence-electron chi connectivity index (χ3n) is 5.40. The number of rotatable bonds is 4. The van der Waals surface area contributed by atoms with Crippen molar-refractivity contribution >= 4 is 21.8 Å². The zero-order valence-corrected chi connectivity index (χ0v) is 13.6. The topological polar surface area (TPSA) is 96.0 Å². The van der Waals surface area contributed by atoms with Gasteiger partial charge in [0.2, 0.25) is 0 Å². The van der Waals surface area contributed by atoms with E-state index in [0.717, 1.165) is 0 Å². The first-order valence-corrected chi connectivity index (χ1v) is 9.03. The van der Waals surface area contributed by atoms with E-state index in [1.54, 1.807) is 0 Å². The molecule has 0 aromatic heterocycles. The quantitative estimate of drug-likeness (QED) is 0.672. The van der Waals surface area contributed by atoms with Crippen molar-refractivity contribution in [2.24, 2.45) is 11.8 Å². The first-order valence-electron chi connectivity index (χ1n) is 7.31. The predicted molar refractivity (Wildman–Crippen MR) is 74.7 cm³/mol. The molecule has 124 valence electrons. The molecule has 2 bridgehead atoms. The average molecular weight is 332 g/mol. The number of hydrogen-bond acceptors (Lipinski definition) is 7. The van der Waals surface area contributed by atoms with Crippen LogP contribution < -0.4 is 0 Å². The Morgan fingerprint density at radius 3 is 2.36 bits per heavy atom. The fraction of sp³-hybridized carbons (Fsp3) is 0.857. The molecule has 3 fully saturated rings. The number of sulfone groups is 1. The average Bonchev–Trinajstić information content (AvgIpc) is 2.91. The maximum atomic E-state index is 12.4. The normalized spacial score (nSPS) is 44.0. The van der Waals surface area contributed by atoms with Crippen LogP contribution in [0.15, 0.2) is 0 Å². The Morgan fingerprint density at radius 2 is 1.77 bits per heavy atom. The van der Waals surface area contributed by atoms with Gasteiger partial charge in [0.15, 0.2) is 9.84 Å². The highest BCUT2D eigenvalue weighted by molar-refractivity contribution is 7.92. The van der Waals surface area contributed by atoms with Gasteiger partial charge >= 0.3 is 11.9 Å². The lowest BCUT2D eigenvalue weighted by molar-refractivity contribution is -0.161. The molecule has 3 saturated heterocycles. The predicted octanol–water partition coefficient (Wildman–Crippen LogP) is 0.0734. The SMILES string of the molecule is CC(=O)OCC12CC3C(COC(C)=O)(O1)C(CS3(=O)=O)C2C. The van der Waals surface area contributed by atoms with Crippen molar-refractivity contribution in [2.75, 3.05) is 19.0 Å². The third-order valence-corrected chi connectivity index (χ3v) is 7.65. The number of hydrogen-bond donors (Lipinski definition) is 0. The smallest absolute Gasteiger partial charge is 0.302 e. The molecule has 3 aliphatic heterocycles. The van der Waals surface area contributed by atoms with Gasteiger partial charge in [-0.3, -0.25) is 9.59 Å². The van der Waals surface area contributed by atoms with E-state index in [9.17, 15) is 18.0 Å². The highest BCUT2D eigenvalue weighted by Crippen LogP contribution is 2.63. The Labute approximate surface area is 129 Å². The second-order valence-electron chi connectivity index (χ2n) is 6.60. The van der Waals surface area contributed by atoms with Crippen molar-refractivity contribution in [1.29, 1.82) is 0 Å². The minimum absolute atomic E-state index is 0.0297. The van der Waals surface area contributed by atoms with Crippen LogP contribution in [0.2, 0.25) is 0 Å². The van der Waals surface area contributed by atoms with E-state index in [1.807, 2.05) is 6.92 Å². The molecular formula is C14H20O7S. The minimum atomic E-state index is -3.30. The first-order chi connectivity index (χ1) is 10.1. The van der Waals surface area contributed by atoms with Crippen LogP contribution in [0.4, 0.5) is 0 Å². The molecule has 3 heterocycles. The van der Waals surface area contributed by atoms with Gasteiger partial charge in [-0.1, -0.05) is 6.92 Å². The number of ether oxygens (including phenoxy) is 3. The molecule has 0 N–H and O–H groups in total. The molecule has 0 amide bonds. The lowest BCUT2D eigenvalue weighted by Gasteiger charge is -2.33. The molecule has 0 aromatic rings. The van der Waals surface area contributed by atoms with E-state index in [1.165, 1.54) is 13.8 Å². The third kappa shape index (κ3) is 2.00. The molecule has 8 heteroatoms. The molecule has 0 aliphatic carbocycles. The molecule has 3 aliphatic rings. The molecule has 0 spiro atoms. The van der Waals surface area contributed by atoms with Crippen LogP contribution in [0.1, 0.15) is 27.2 Å². The van der Waals surface area contributed by atoms with Gasteiger partial charge in [0.25, 0.3) is 0 Å². The summed E-state index contributed by atoms with van der Waals surface area (Å²) in [6, 6.07) is 0. The second kappa shape index (κ2) is 4.67. The monoisotopic (exact) mass is 332 g/mol. The largest absolute Gasteiger partial charge is 0.463 e. The molecule has 0 aromatic carbocycles. The van der Waals surface area contributed by atoms with Crippen LogP contribution in [0, 0.1) is 11.8 Å². The van der Waals surface area contributed by atoms with Crippen molar-refractivity contribution in [3.05, 3.63) is 0 Å². The summed E-state index contributed by atoms with van der Waals surface area (Å²) in [4.78, 5) is 22.3. The summed E-state index contributed by atoms with van der Waals surface area (Å²) >= 11 is 0. The summed E-state index contributed by atoms with van der Waals surface area (Å²) in [6.45, 7) is 4.48. The van der Waals surface area contributed by atoms with Crippen LogP contribution in [0.25, 0.3) is 0 Å². The number of esters is 2. The Balaban J connectivity index is 1.94. The van der Waals surface area contributed by atoms with Crippen LogP contribution in [-0.4, -0.2) is 55.8 Å². The summed E-state index contributed by atoms with van der Waals surface area (Å²) in [5.41, 5.74) is -1.80. The number of carbonyl (C=O) groups excluding carboxylic acids is 2. The fourth-order valence-corrected chi connectivity index (χ4v) is 7.06. The van der Waals surface area contributed by atoms with E-state index in [4.69, 9.17) is 14.2 Å². The summed E-state index contributed by atoms with van der Waals surface area (Å²) in [5.74, 6) is -1.19. The lowest BCUT2D eigenvalue weighted by Crippen LogP contribution is -2.48. The Morgan fingerprint density at radius 1 is 1.18 bits per heavy atom. The van der Waals surface area contributed by atoms with Gasteiger partial charge in [-0.25, -0.2) is 8.42 Å². The van der Waals surface area contributed by atoms with Crippen LogP contribution in [-0.2, 0) is 33.6 Å². The molecule has 22 heavy (non-hydrogen) atoms. The Bertz CT molecular complexity index is 627. The minimum Gasteiger partial charge on any atom is -0.463 e. The standard InChI is InChI=1S/C14H20O7S/c1-8-11-5-22(17,18)12-4-13(8,6-19-9(2)15)21-14(11,12)7-20-10(3)16/h8,11-12H,4-7H2,1-3H3. The maximum Gasteiger partial charge on any atom is 0.302 e. The van der Waals surface area contributed by atoms with Crippen LogP contribution >= 0.6 is 0 Å². The summed E-state index contributed by atoms with van der Waals surface area (Å²) < 4.78 is 41.2. The Kier molecular flexibility index (Phi) is 3.34. The highest BCUT2D eigenvalue weighted by Gasteiger charge is 2.77. The van der Waals surface area contributed by atoms with Gasteiger partial charge < -0.3 is 14.2 Å². The van der Waals surface area contributed by atoms with Crippen molar-refractivity contribution in [3.8, 4) is 0 Å². The lowest BCUT2D eigenvalue weighted by atomic mass is 9.68. The molecule has 3 rings (SSSR count). The van der Waals surface area contributed by atoms with Crippen LogP contribution in [0.3, 0.4) is 0 Å². The summed E-state index contributed by atoms with van der Waals surface area (Å²) in [5, 5.41) is -0.698. The fourth-order valence-electron chi connectivity index (χ4n) is 4.33. The van der Waals surface area contributed by atoms with Gasteiger partial charge in [0, 0.05) is 19.8 Å². The van der Waals surface area contributed by atoms with Gasteiger partial charge in [-0.15, -0.1) is 0 Å². The van der Waals surface area contributed by atoms with Gasteiger partial charge in [0.1, 0.15) is 24.4 Å². The zero-order valence-electron chi connectivity index (χ0n) is 12.8. The number of fused-ring (bicyclic) bond motifs is 1. The van der Waals surface area contributed by atoms with E-state index in [-0.39, 0.29) is 37.2 Å². The summed E-state index contributed by atoms with van der Waals surface area (Å²) in [7, 11) is -3.30. The van der Waals surface area contributed by atoms with Gasteiger partial charge in [-0.2, -0.15) is 0 Å². The van der Waals surface area contributed by atoms with Crippen molar-refractivity contribution < 1.29 is 32.2 Å². The van der Waals surface area contributed by atoms with Gasteiger partial charge in [-0.05, 0) is 12.3 Å². The second-order valence-corrected chi connectivity index (χ2v) is 8.83. The van der Waals surface area contributed by atoms with E-state index in [2.05, 4.69) is 0 Å². The zero-order chi connectivity index (χ0) is 16.3. The van der Waals surface area contributed by atoms with Crippen molar-refractivity contribution in [2.45, 2.75) is 43.6 Å². The molecule has 7 nitrogen and oxygen atoms in total. The molecule has 0 radical (unpaired) electrons. The molecule has 0 saturated carbocycles. The maximum absolute atomic E-state index is 12.4. The van der Waals surface area contributed by atoms with E-state index < -0.39 is 38.2 Å². The molecule has 5 unspecified atom stereocenters. The van der Waals surface area contributed by atoms with Gasteiger partial charge in [0.05, 0.1) is 11.0 Å². The highest BCUT2D eigenvalue weighted by atomic mass is 32.2. The van der Waals surface area contributed by atoms with Crippen molar-refractivity contribution in [3.63, 3.8) is 0 Å².